The minimum absolute atomic E-state index is 0.188. The van der Waals surface area contributed by atoms with Crippen molar-refractivity contribution >= 4 is 16.9 Å². The van der Waals surface area contributed by atoms with Gasteiger partial charge in [-0.3, -0.25) is 9.89 Å². The summed E-state index contributed by atoms with van der Waals surface area (Å²) in [7, 11) is 0. The highest BCUT2D eigenvalue weighted by Crippen LogP contribution is 2.19. The zero-order valence-electron chi connectivity index (χ0n) is 11.2. The Kier molecular flexibility index (Phi) is 2.94. The third-order valence-electron chi connectivity index (χ3n) is 3.27. The molecule has 0 aliphatic rings. The van der Waals surface area contributed by atoms with Gasteiger partial charge in [0.25, 0.3) is 5.91 Å². The largest absolute Gasteiger partial charge is 0.342 e. The summed E-state index contributed by atoms with van der Waals surface area (Å²) < 4.78 is 0. The smallest absolute Gasteiger partial charge is 0.288 e. The number of hydrogen-bond acceptors (Lipinski definition) is 4. The fourth-order valence-electron chi connectivity index (χ4n) is 2.01. The molecule has 0 aliphatic heterocycles. The predicted octanol–water partition coefficient (Wildman–Crippen LogP) is 1.23. The molecule has 3 rings (SSSR count). The van der Waals surface area contributed by atoms with E-state index in [1.807, 2.05) is 19.1 Å². The maximum atomic E-state index is 11.7. The van der Waals surface area contributed by atoms with E-state index in [4.69, 9.17) is 0 Å². The van der Waals surface area contributed by atoms with Crippen LogP contribution in [0.3, 0.4) is 0 Å². The summed E-state index contributed by atoms with van der Waals surface area (Å²) in [6.45, 7) is 4.40. The highest BCUT2D eigenvalue weighted by Gasteiger charge is 2.10. The van der Waals surface area contributed by atoms with Crippen LogP contribution in [0, 0.1) is 13.8 Å². The molecule has 0 aliphatic carbocycles. The van der Waals surface area contributed by atoms with Crippen molar-refractivity contribution in [3.8, 4) is 0 Å². The summed E-state index contributed by atoms with van der Waals surface area (Å²) >= 11 is 0. The fraction of sp³-hybridized carbons (Fsp3) is 0.231. The second-order valence-electron chi connectivity index (χ2n) is 4.60. The van der Waals surface area contributed by atoms with Crippen molar-refractivity contribution in [1.82, 2.24) is 30.5 Å². The molecule has 0 atom stereocenters. The number of fused-ring (bicyclic) bond motifs is 1. The number of hydrogen-bond donors (Lipinski definition) is 3. The molecular weight excluding hydrogens is 256 g/mol. The molecule has 2 aromatic heterocycles. The quantitative estimate of drug-likeness (QED) is 0.666. The first kappa shape index (κ1) is 12.3. The monoisotopic (exact) mass is 270 g/mol. The number of aromatic nitrogens is 5. The number of amides is 1. The van der Waals surface area contributed by atoms with Crippen molar-refractivity contribution in [1.29, 1.82) is 0 Å². The highest BCUT2D eigenvalue weighted by atomic mass is 16.2. The van der Waals surface area contributed by atoms with E-state index in [0.29, 0.717) is 12.4 Å². The van der Waals surface area contributed by atoms with Gasteiger partial charge in [-0.2, -0.15) is 5.10 Å². The summed E-state index contributed by atoms with van der Waals surface area (Å²) in [6, 6.07) is 4.04. The Labute approximate surface area is 114 Å². The van der Waals surface area contributed by atoms with Crippen LogP contribution in [0.15, 0.2) is 18.5 Å². The average molecular weight is 270 g/mol. The Bertz CT molecular complexity index is 759. The molecule has 3 aromatic rings. The molecule has 1 amide bonds. The average Bonchev–Trinajstić information content (AvgIpc) is 3.09. The van der Waals surface area contributed by atoms with Gasteiger partial charge in [-0.1, -0.05) is 6.07 Å². The molecular formula is C13H14N6O. The second-order valence-corrected chi connectivity index (χ2v) is 4.60. The van der Waals surface area contributed by atoms with Gasteiger partial charge in [0.1, 0.15) is 12.2 Å². The molecule has 7 nitrogen and oxygen atoms in total. The third kappa shape index (κ3) is 2.13. The Balaban J connectivity index is 1.78. The lowest BCUT2D eigenvalue weighted by atomic mass is 10.1. The Morgan fingerprint density at radius 2 is 2.20 bits per heavy atom. The molecule has 7 heteroatoms. The molecule has 20 heavy (non-hydrogen) atoms. The fourth-order valence-corrected chi connectivity index (χ4v) is 2.01. The first-order valence-electron chi connectivity index (χ1n) is 6.23. The number of carbonyl (C=O) groups excluding carboxylic acids is 1. The summed E-state index contributed by atoms with van der Waals surface area (Å²) in [5, 5.41) is 8.88. The SMILES string of the molecule is Cc1ccc2[nH]c(CNC(=O)c3ncn[nH]3)nc2c1C. The van der Waals surface area contributed by atoms with E-state index in [-0.39, 0.29) is 11.7 Å². The third-order valence-corrected chi connectivity index (χ3v) is 3.27. The Hall–Kier alpha value is -2.70. The maximum absolute atomic E-state index is 11.7. The second kappa shape index (κ2) is 4.76. The van der Waals surface area contributed by atoms with Crippen LogP contribution in [-0.2, 0) is 6.54 Å². The number of imidazole rings is 1. The number of aryl methyl sites for hydroxylation is 2. The number of benzene rings is 1. The van der Waals surface area contributed by atoms with E-state index in [1.165, 1.54) is 11.9 Å². The van der Waals surface area contributed by atoms with Crippen LogP contribution < -0.4 is 5.32 Å². The van der Waals surface area contributed by atoms with E-state index >= 15 is 0 Å². The van der Waals surface area contributed by atoms with Crippen molar-refractivity contribution < 1.29 is 4.79 Å². The van der Waals surface area contributed by atoms with Gasteiger partial charge in [0.15, 0.2) is 0 Å². The number of rotatable bonds is 3. The van der Waals surface area contributed by atoms with E-state index in [0.717, 1.165) is 16.6 Å². The van der Waals surface area contributed by atoms with Gasteiger partial charge in [-0.05, 0) is 31.0 Å². The standard InChI is InChI=1S/C13H14N6O/c1-7-3-4-9-11(8(7)2)18-10(17-9)5-14-13(20)12-15-6-16-19-12/h3-4,6H,5H2,1-2H3,(H,14,20)(H,17,18)(H,15,16,19). The van der Waals surface area contributed by atoms with Crippen LogP contribution in [0.25, 0.3) is 11.0 Å². The lowest BCUT2D eigenvalue weighted by molar-refractivity contribution is 0.0940. The van der Waals surface area contributed by atoms with Crippen LogP contribution in [0.1, 0.15) is 27.6 Å². The summed E-state index contributed by atoms with van der Waals surface area (Å²) in [6.07, 6.45) is 1.29. The van der Waals surface area contributed by atoms with E-state index in [9.17, 15) is 4.79 Å². The summed E-state index contributed by atoms with van der Waals surface area (Å²) in [4.78, 5) is 23.2. The van der Waals surface area contributed by atoms with Gasteiger partial charge in [0.2, 0.25) is 5.82 Å². The number of nitrogens with zero attached hydrogens (tertiary/aromatic N) is 3. The summed E-state index contributed by atoms with van der Waals surface area (Å²) in [5.74, 6) is 0.588. The molecule has 0 saturated carbocycles. The number of nitrogens with one attached hydrogen (secondary N) is 3. The van der Waals surface area contributed by atoms with Gasteiger partial charge in [0.05, 0.1) is 17.6 Å². The zero-order valence-corrected chi connectivity index (χ0v) is 11.2. The molecule has 0 saturated heterocycles. The van der Waals surface area contributed by atoms with Crippen molar-refractivity contribution in [2.75, 3.05) is 0 Å². The molecule has 102 valence electrons. The minimum atomic E-state index is -0.309. The minimum Gasteiger partial charge on any atom is -0.342 e. The predicted molar refractivity (Wildman–Crippen MR) is 73.1 cm³/mol. The van der Waals surface area contributed by atoms with Crippen LogP contribution in [-0.4, -0.2) is 31.1 Å². The van der Waals surface area contributed by atoms with E-state index in [1.54, 1.807) is 0 Å². The summed E-state index contributed by atoms with van der Waals surface area (Å²) in [5.41, 5.74) is 4.25. The molecule has 1 aromatic carbocycles. The number of aromatic amines is 2. The van der Waals surface area contributed by atoms with Gasteiger partial charge in [0, 0.05) is 0 Å². The van der Waals surface area contributed by atoms with Crippen molar-refractivity contribution in [3.05, 3.63) is 41.2 Å². The molecule has 0 bridgehead atoms. The topological polar surface area (TPSA) is 99.4 Å². The first-order valence-corrected chi connectivity index (χ1v) is 6.23. The van der Waals surface area contributed by atoms with Crippen molar-refractivity contribution in [2.24, 2.45) is 0 Å². The lowest BCUT2D eigenvalue weighted by Crippen LogP contribution is -2.24. The first-order chi connectivity index (χ1) is 9.65. The molecule has 3 N–H and O–H groups in total. The van der Waals surface area contributed by atoms with Crippen LogP contribution in [0.2, 0.25) is 0 Å². The molecule has 0 radical (unpaired) electrons. The van der Waals surface area contributed by atoms with Crippen molar-refractivity contribution in [2.45, 2.75) is 20.4 Å². The lowest BCUT2D eigenvalue weighted by Gasteiger charge is -1.99. The van der Waals surface area contributed by atoms with E-state index < -0.39 is 0 Å². The molecule has 0 unspecified atom stereocenters. The Morgan fingerprint density at radius 3 is 2.95 bits per heavy atom. The number of carbonyl (C=O) groups is 1. The van der Waals surface area contributed by atoms with Gasteiger partial charge < -0.3 is 10.3 Å². The zero-order chi connectivity index (χ0) is 14.1. The van der Waals surface area contributed by atoms with E-state index in [2.05, 4.69) is 37.4 Å². The molecule has 0 spiro atoms. The van der Waals surface area contributed by atoms with Gasteiger partial charge in [-0.25, -0.2) is 9.97 Å². The van der Waals surface area contributed by atoms with Crippen LogP contribution in [0.5, 0.6) is 0 Å². The maximum Gasteiger partial charge on any atom is 0.288 e. The number of H-pyrrole nitrogens is 2. The van der Waals surface area contributed by atoms with Gasteiger partial charge >= 0.3 is 0 Å². The van der Waals surface area contributed by atoms with Crippen LogP contribution in [0.4, 0.5) is 0 Å². The van der Waals surface area contributed by atoms with Gasteiger partial charge in [-0.15, -0.1) is 0 Å². The molecule has 2 heterocycles. The van der Waals surface area contributed by atoms with Crippen molar-refractivity contribution in [3.63, 3.8) is 0 Å². The molecule has 0 fully saturated rings. The normalized spacial score (nSPS) is 10.9. The van der Waals surface area contributed by atoms with Crippen LogP contribution >= 0.6 is 0 Å². The highest BCUT2D eigenvalue weighted by molar-refractivity contribution is 5.90. The Morgan fingerprint density at radius 1 is 1.35 bits per heavy atom.